The molecule has 0 N–H and O–H groups in total. The molecule has 24 heavy (non-hydrogen) atoms. The van der Waals surface area contributed by atoms with Crippen LogP contribution in [-0.4, -0.2) is 69.7 Å². The fourth-order valence-electron chi connectivity index (χ4n) is 3.90. The van der Waals surface area contributed by atoms with Gasteiger partial charge in [0, 0.05) is 43.6 Å². The Morgan fingerprint density at radius 3 is 2.75 bits per heavy atom. The van der Waals surface area contributed by atoms with E-state index in [0.29, 0.717) is 32.8 Å². The molecule has 2 saturated heterocycles. The minimum absolute atomic E-state index is 0.0527. The summed E-state index contributed by atoms with van der Waals surface area (Å²) in [5.41, 5.74) is -0.181. The highest BCUT2D eigenvalue weighted by Gasteiger charge is 2.52. The number of thiophene rings is 1. The molecule has 1 aromatic rings. The summed E-state index contributed by atoms with van der Waals surface area (Å²) >= 11 is 1.51. The van der Waals surface area contributed by atoms with Crippen molar-refractivity contribution in [1.82, 2.24) is 9.21 Å². The van der Waals surface area contributed by atoms with E-state index < -0.39 is 10.0 Å². The Balaban J connectivity index is 1.79. The first-order chi connectivity index (χ1) is 11.2. The zero-order valence-corrected chi connectivity index (χ0v) is 16.0. The highest BCUT2D eigenvalue weighted by atomic mass is 32.2. The molecular formula is C16H24N2O4S2. The summed E-state index contributed by atoms with van der Waals surface area (Å²) in [5.74, 6) is 0.169. The number of aryl methyl sites for hydroxylation is 1. The maximum absolute atomic E-state index is 12.7. The van der Waals surface area contributed by atoms with Crippen LogP contribution in [0.4, 0.5) is 0 Å². The lowest BCUT2D eigenvalue weighted by atomic mass is 9.73. The number of carbonyl (C=O) groups is 1. The van der Waals surface area contributed by atoms with Crippen LogP contribution < -0.4 is 0 Å². The molecule has 0 spiro atoms. The van der Waals surface area contributed by atoms with Gasteiger partial charge in [0.05, 0.1) is 17.7 Å². The molecule has 1 aromatic heterocycles. The van der Waals surface area contributed by atoms with Crippen molar-refractivity contribution in [3.05, 3.63) is 21.9 Å². The third kappa shape index (κ3) is 3.24. The number of rotatable bonds is 4. The minimum Gasteiger partial charge on any atom is -0.384 e. The number of piperidine rings is 1. The van der Waals surface area contributed by atoms with Gasteiger partial charge in [-0.15, -0.1) is 11.3 Å². The summed E-state index contributed by atoms with van der Waals surface area (Å²) in [6.07, 6.45) is 2.02. The highest BCUT2D eigenvalue weighted by molar-refractivity contribution is 7.88. The second kappa shape index (κ2) is 6.40. The summed E-state index contributed by atoms with van der Waals surface area (Å²) in [6.45, 7) is 4.71. The van der Waals surface area contributed by atoms with Gasteiger partial charge in [-0.1, -0.05) is 0 Å². The zero-order valence-electron chi connectivity index (χ0n) is 14.3. The quantitative estimate of drug-likeness (QED) is 0.802. The Morgan fingerprint density at radius 2 is 2.17 bits per heavy atom. The van der Waals surface area contributed by atoms with E-state index in [2.05, 4.69) is 0 Å². The van der Waals surface area contributed by atoms with Gasteiger partial charge in [0.2, 0.25) is 10.0 Å². The van der Waals surface area contributed by atoms with Crippen molar-refractivity contribution in [2.24, 2.45) is 11.3 Å². The first-order valence-electron chi connectivity index (χ1n) is 8.05. The number of fused-ring (bicyclic) bond motifs is 1. The van der Waals surface area contributed by atoms with E-state index in [4.69, 9.17) is 4.74 Å². The van der Waals surface area contributed by atoms with E-state index in [1.54, 1.807) is 11.4 Å². The van der Waals surface area contributed by atoms with Gasteiger partial charge in [-0.2, -0.15) is 0 Å². The molecule has 2 aliphatic heterocycles. The number of ether oxygens (including phenoxy) is 1. The fourth-order valence-corrected chi connectivity index (χ4v) is 5.68. The number of nitrogens with zero attached hydrogens (tertiary/aromatic N) is 2. The topological polar surface area (TPSA) is 66.9 Å². The van der Waals surface area contributed by atoms with E-state index >= 15 is 0 Å². The molecule has 8 heteroatoms. The molecule has 0 radical (unpaired) electrons. The summed E-state index contributed by atoms with van der Waals surface area (Å²) < 4.78 is 30.9. The number of likely N-dealkylation sites (tertiary alicyclic amines) is 1. The van der Waals surface area contributed by atoms with Crippen LogP contribution in [0.25, 0.3) is 0 Å². The van der Waals surface area contributed by atoms with E-state index in [1.807, 2.05) is 24.0 Å². The highest BCUT2D eigenvalue weighted by Crippen LogP contribution is 2.44. The van der Waals surface area contributed by atoms with Crippen molar-refractivity contribution >= 4 is 27.3 Å². The zero-order chi connectivity index (χ0) is 17.5. The molecule has 0 saturated carbocycles. The van der Waals surface area contributed by atoms with Crippen LogP contribution in [0.15, 0.2) is 12.1 Å². The molecule has 3 heterocycles. The number of hydrogen-bond donors (Lipinski definition) is 0. The Labute approximate surface area is 147 Å². The standard InChI is InChI=1S/C16H24N2O4S2/c1-12-4-5-14(23-12)15(19)17-7-6-16(11-22-2)10-18(24(3,20)21)9-13(16)8-17/h4-5,13H,6-11H2,1-3H3. The van der Waals surface area contributed by atoms with Crippen LogP contribution in [0.5, 0.6) is 0 Å². The molecule has 3 rings (SSSR count). The first-order valence-corrected chi connectivity index (χ1v) is 10.7. The van der Waals surface area contributed by atoms with Gasteiger partial charge in [-0.05, 0) is 31.4 Å². The number of methoxy groups -OCH3 is 1. The van der Waals surface area contributed by atoms with Crippen LogP contribution in [0.3, 0.4) is 0 Å². The minimum atomic E-state index is -3.23. The van der Waals surface area contributed by atoms with E-state index in [9.17, 15) is 13.2 Å². The second-order valence-corrected chi connectivity index (χ2v) is 10.2. The average molecular weight is 373 g/mol. The van der Waals surface area contributed by atoms with Gasteiger partial charge in [-0.3, -0.25) is 4.79 Å². The SMILES string of the molecule is COCC12CCN(C(=O)c3ccc(C)s3)CC1CN(S(C)(=O)=O)C2. The summed E-state index contributed by atoms with van der Waals surface area (Å²) in [5, 5.41) is 0. The molecule has 2 unspecified atom stereocenters. The molecule has 0 aliphatic carbocycles. The Bertz CT molecular complexity index is 730. The van der Waals surface area contributed by atoms with E-state index in [-0.39, 0.29) is 17.2 Å². The van der Waals surface area contributed by atoms with Crippen LogP contribution in [0.2, 0.25) is 0 Å². The number of sulfonamides is 1. The lowest BCUT2D eigenvalue weighted by molar-refractivity contribution is 0.00359. The smallest absolute Gasteiger partial charge is 0.263 e. The number of hydrogen-bond acceptors (Lipinski definition) is 5. The Morgan fingerprint density at radius 1 is 1.42 bits per heavy atom. The van der Waals surface area contributed by atoms with Crippen LogP contribution >= 0.6 is 11.3 Å². The average Bonchev–Trinajstić information content (AvgIpc) is 3.09. The molecule has 2 aliphatic rings. The van der Waals surface area contributed by atoms with Gasteiger partial charge in [0.1, 0.15) is 0 Å². The van der Waals surface area contributed by atoms with E-state index in [0.717, 1.165) is 16.2 Å². The van der Waals surface area contributed by atoms with E-state index in [1.165, 1.54) is 17.6 Å². The molecule has 2 fully saturated rings. The van der Waals surface area contributed by atoms with Crippen molar-refractivity contribution in [3.63, 3.8) is 0 Å². The van der Waals surface area contributed by atoms with Gasteiger partial charge in [0.25, 0.3) is 5.91 Å². The third-order valence-electron chi connectivity index (χ3n) is 5.24. The first kappa shape index (κ1) is 17.8. The predicted molar refractivity (Wildman–Crippen MR) is 93.8 cm³/mol. The Kier molecular flexibility index (Phi) is 4.76. The van der Waals surface area contributed by atoms with Gasteiger partial charge in [0.15, 0.2) is 0 Å². The van der Waals surface area contributed by atoms with Crippen molar-refractivity contribution in [1.29, 1.82) is 0 Å². The molecule has 0 bridgehead atoms. The molecule has 134 valence electrons. The third-order valence-corrected chi connectivity index (χ3v) is 7.45. The summed E-state index contributed by atoms with van der Waals surface area (Å²) in [6, 6.07) is 3.83. The van der Waals surface area contributed by atoms with Crippen molar-refractivity contribution in [2.75, 3.05) is 46.2 Å². The lowest BCUT2D eigenvalue weighted by Crippen LogP contribution is -2.50. The van der Waals surface area contributed by atoms with Gasteiger partial charge in [-0.25, -0.2) is 12.7 Å². The van der Waals surface area contributed by atoms with Crippen LogP contribution in [0.1, 0.15) is 21.0 Å². The normalized spacial score (nSPS) is 28.1. The largest absolute Gasteiger partial charge is 0.384 e. The summed E-state index contributed by atoms with van der Waals surface area (Å²) in [7, 11) is -1.57. The van der Waals surface area contributed by atoms with Crippen molar-refractivity contribution in [2.45, 2.75) is 13.3 Å². The fraction of sp³-hybridized carbons (Fsp3) is 0.688. The van der Waals surface area contributed by atoms with Crippen molar-refractivity contribution in [3.8, 4) is 0 Å². The monoisotopic (exact) mass is 372 g/mol. The van der Waals surface area contributed by atoms with Gasteiger partial charge < -0.3 is 9.64 Å². The van der Waals surface area contributed by atoms with Crippen LogP contribution in [-0.2, 0) is 14.8 Å². The number of carbonyl (C=O) groups excluding carboxylic acids is 1. The molecule has 0 aromatic carbocycles. The predicted octanol–water partition coefficient (Wildman–Crippen LogP) is 1.43. The number of amides is 1. The molecular weight excluding hydrogens is 348 g/mol. The molecule has 2 atom stereocenters. The Hall–Kier alpha value is -0.960. The molecule has 6 nitrogen and oxygen atoms in total. The van der Waals surface area contributed by atoms with Crippen molar-refractivity contribution < 1.29 is 17.9 Å². The lowest BCUT2D eigenvalue weighted by Gasteiger charge is -2.43. The second-order valence-electron chi connectivity index (χ2n) is 6.96. The maximum Gasteiger partial charge on any atom is 0.263 e. The van der Waals surface area contributed by atoms with Gasteiger partial charge >= 0.3 is 0 Å². The summed E-state index contributed by atoms with van der Waals surface area (Å²) in [4.78, 5) is 16.5. The maximum atomic E-state index is 12.7. The van der Waals surface area contributed by atoms with Crippen LogP contribution in [0, 0.1) is 18.3 Å². The molecule has 1 amide bonds.